The van der Waals surface area contributed by atoms with Crippen LogP contribution in [0, 0.1) is 17.2 Å². The molecule has 0 saturated carbocycles. The normalized spacial score (nSPS) is 15.9. The molecule has 20 heavy (non-hydrogen) atoms. The molecule has 0 amide bonds. The molecule has 0 bridgehead atoms. The average molecular weight is 273 g/mol. The number of nitrogens with one attached hydrogen (secondary N) is 1. The van der Waals surface area contributed by atoms with Gasteiger partial charge in [0.25, 0.3) is 0 Å². The molecule has 0 heterocycles. The minimum Gasteiger partial charge on any atom is -0.300 e. The summed E-state index contributed by atoms with van der Waals surface area (Å²) in [6, 6.07) is 12.9. The molecule has 1 N–H and O–H groups in total. The van der Waals surface area contributed by atoms with Gasteiger partial charge >= 0.3 is 0 Å². The van der Waals surface area contributed by atoms with E-state index in [0.29, 0.717) is 18.5 Å². The third-order valence-electron chi connectivity index (χ3n) is 3.94. The Kier molecular flexibility index (Phi) is 6.19. The van der Waals surface area contributed by atoms with Gasteiger partial charge < -0.3 is 4.90 Å². The van der Waals surface area contributed by atoms with Crippen molar-refractivity contribution < 1.29 is 0 Å². The smallest absolute Gasteiger partial charge is 0.144 e. The van der Waals surface area contributed by atoms with Gasteiger partial charge in [0.1, 0.15) is 5.54 Å². The van der Waals surface area contributed by atoms with E-state index in [2.05, 4.69) is 44.1 Å². The quantitative estimate of drug-likeness (QED) is 0.830. The fourth-order valence-corrected chi connectivity index (χ4v) is 2.59. The average Bonchev–Trinajstić information content (AvgIpc) is 2.45. The van der Waals surface area contributed by atoms with E-state index >= 15 is 0 Å². The maximum absolute atomic E-state index is 9.70. The van der Waals surface area contributed by atoms with Crippen LogP contribution in [0.5, 0.6) is 0 Å². The Balaban J connectivity index is 2.91. The van der Waals surface area contributed by atoms with Crippen molar-refractivity contribution in [2.24, 2.45) is 5.92 Å². The predicted octanol–water partition coefficient (Wildman–Crippen LogP) is 2.99. The highest BCUT2D eigenvalue weighted by molar-refractivity contribution is 5.31. The zero-order chi connectivity index (χ0) is 15.2. The molecule has 2 atom stereocenters. The van der Waals surface area contributed by atoms with Crippen LogP contribution in [-0.2, 0) is 5.54 Å². The molecule has 1 rings (SSSR count). The van der Waals surface area contributed by atoms with E-state index in [1.165, 1.54) is 0 Å². The van der Waals surface area contributed by atoms with E-state index in [9.17, 15) is 5.26 Å². The number of rotatable bonds is 7. The molecule has 0 aromatic heterocycles. The Labute approximate surface area is 123 Å². The zero-order valence-electron chi connectivity index (χ0n) is 13.4. The van der Waals surface area contributed by atoms with Crippen LogP contribution in [0.3, 0.4) is 0 Å². The summed E-state index contributed by atoms with van der Waals surface area (Å²) in [6.45, 7) is 7.37. The maximum atomic E-state index is 9.70. The molecule has 0 saturated heterocycles. The minimum absolute atomic E-state index is 0.458. The second-order valence-corrected chi connectivity index (χ2v) is 6.03. The predicted molar refractivity (Wildman–Crippen MR) is 84.3 cm³/mol. The van der Waals surface area contributed by atoms with Crippen molar-refractivity contribution in [1.82, 2.24) is 10.2 Å². The first-order valence-electron chi connectivity index (χ1n) is 7.31. The molecular weight excluding hydrogens is 246 g/mol. The van der Waals surface area contributed by atoms with Crippen LogP contribution in [0.1, 0.15) is 32.8 Å². The summed E-state index contributed by atoms with van der Waals surface area (Å²) >= 11 is 0. The Morgan fingerprint density at radius 1 is 1.25 bits per heavy atom. The van der Waals surface area contributed by atoms with Crippen LogP contribution in [0.15, 0.2) is 30.3 Å². The van der Waals surface area contributed by atoms with Crippen LogP contribution >= 0.6 is 0 Å². The van der Waals surface area contributed by atoms with Gasteiger partial charge in [-0.05, 0) is 38.9 Å². The van der Waals surface area contributed by atoms with Gasteiger partial charge in [-0.2, -0.15) is 5.26 Å². The highest BCUT2D eigenvalue weighted by atomic mass is 15.2. The lowest BCUT2D eigenvalue weighted by Crippen LogP contribution is -2.49. The van der Waals surface area contributed by atoms with E-state index in [4.69, 9.17) is 0 Å². The van der Waals surface area contributed by atoms with Gasteiger partial charge in [-0.25, -0.2) is 0 Å². The van der Waals surface area contributed by atoms with Gasteiger partial charge in [-0.15, -0.1) is 0 Å². The number of benzene rings is 1. The second-order valence-electron chi connectivity index (χ2n) is 6.03. The van der Waals surface area contributed by atoms with Crippen LogP contribution in [-0.4, -0.2) is 31.6 Å². The van der Waals surface area contributed by atoms with Crippen molar-refractivity contribution in [3.63, 3.8) is 0 Å². The van der Waals surface area contributed by atoms with Gasteiger partial charge in [-0.1, -0.05) is 44.2 Å². The highest BCUT2D eigenvalue weighted by Crippen LogP contribution is 2.23. The van der Waals surface area contributed by atoms with Crippen molar-refractivity contribution in [3.8, 4) is 6.07 Å². The second kappa shape index (κ2) is 7.42. The Morgan fingerprint density at radius 3 is 2.30 bits per heavy atom. The summed E-state index contributed by atoms with van der Waals surface area (Å²) in [7, 11) is 3.95. The monoisotopic (exact) mass is 273 g/mol. The lowest BCUT2D eigenvalue weighted by atomic mass is 9.90. The SMILES string of the molecule is CNC(C#N)(CN(C)C(C)CC(C)C)c1ccccc1. The number of likely N-dealkylation sites (N-methyl/N-ethyl adjacent to an activating group) is 2. The maximum Gasteiger partial charge on any atom is 0.144 e. The van der Waals surface area contributed by atoms with Crippen molar-refractivity contribution in [3.05, 3.63) is 35.9 Å². The van der Waals surface area contributed by atoms with Gasteiger partial charge in [0.05, 0.1) is 6.07 Å². The summed E-state index contributed by atoms with van der Waals surface area (Å²) in [5.41, 5.74) is 0.370. The molecule has 0 radical (unpaired) electrons. The number of nitriles is 1. The molecule has 3 heteroatoms. The van der Waals surface area contributed by atoms with Crippen LogP contribution in [0.25, 0.3) is 0 Å². The third kappa shape index (κ3) is 4.06. The van der Waals surface area contributed by atoms with Crippen molar-refractivity contribution in [2.75, 3.05) is 20.6 Å². The molecule has 0 spiro atoms. The molecule has 1 aromatic rings. The summed E-state index contributed by atoms with van der Waals surface area (Å²) in [5.74, 6) is 0.662. The van der Waals surface area contributed by atoms with Gasteiger partial charge in [0.15, 0.2) is 0 Å². The fraction of sp³-hybridized carbons (Fsp3) is 0.588. The largest absolute Gasteiger partial charge is 0.300 e. The van der Waals surface area contributed by atoms with E-state index in [0.717, 1.165) is 12.0 Å². The van der Waals surface area contributed by atoms with Crippen molar-refractivity contribution in [1.29, 1.82) is 5.26 Å². The van der Waals surface area contributed by atoms with Gasteiger partial charge in [-0.3, -0.25) is 5.32 Å². The molecule has 0 aliphatic rings. The molecule has 2 unspecified atom stereocenters. The fourth-order valence-electron chi connectivity index (χ4n) is 2.59. The van der Waals surface area contributed by atoms with E-state index in [-0.39, 0.29) is 0 Å². The molecular formula is C17H27N3. The van der Waals surface area contributed by atoms with Gasteiger partial charge in [0, 0.05) is 12.6 Å². The van der Waals surface area contributed by atoms with Crippen LogP contribution in [0.4, 0.5) is 0 Å². The molecule has 3 nitrogen and oxygen atoms in total. The van der Waals surface area contributed by atoms with E-state index in [1.807, 2.05) is 37.4 Å². The highest BCUT2D eigenvalue weighted by Gasteiger charge is 2.32. The summed E-state index contributed by atoms with van der Waals surface area (Å²) in [5, 5.41) is 12.9. The third-order valence-corrected chi connectivity index (χ3v) is 3.94. The first-order valence-corrected chi connectivity index (χ1v) is 7.31. The zero-order valence-corrected chi connectivity index (χ0v) is 13.4. The minimum atomic E-state index is -0.652. The van der Waals surface area contributed by atoms with Crippen molar-refractivity contribution >= 4 is 0 Å². The summed E-state index contributed by atoms with van der Waals surface area (Å²) in [6.07, 6.45) is 1.14. The molecule has 1 aromatic carbocycles. The molecule has 0 aliphatic heterocycles. The number of hydrogen-bond acceptors (Lipinski definition) is 3. The summed E-state index contributed by atoms with van der Waals surface area (Å²) in [4.78, 5) is 2.27. The first kappa shape index (κ1) is 16.7. The van der Waals surface area contributed by atoms with Gasteiger partial charge in [0.2, 0.25) is 0 Å². The summed E-state index contributed by atoms with van der Waals surface area (Å²) < 4.78 is 0. The Morgan fingerprint density at radius 2 is 1.85 bits per heavy atom. The molecule has 0 aliphatic carbocycles. The van der Waals surface area contributed by atoms with Crippen molar-refractivity contribution in [2.45, 2.75) is 38.8 Å². The number of hydrogen-bond donors (Lipinski definition) is 1. The Bertz CT molecular complexity index is 435. The molecule has 0 fully saturated rings. The lowest BCUT2D eigenvalue weighted by molar-refractivity contribution is 0.186. The van der Waals surface area contributed by atoms with Crippen LogP contribution < -0.4 is 5.32 Å². The topological polar surface area (TPSA) is 39.1 Å². The lowest BCUT2D eigenvalue weighted by Gasteiger charge is -2.35. The first-order chi connectivity index (χ1) is 9.45. The van der Waals surface area contributed by atoms with Crippen LogP contribution in [0.2, 0.25) is 0 Å². The van der Waals surface area contributed by atoms with E-state index < -0.39 is 5.54 Å². The molecule has 110 valence electrons. The number of nitrogens with zero attached hydrogens (tertiary/aromatic N) is 2. The Hall–Kier alpha value is -1.37. The van der Waals surface area contributed by atoms with E-state index in [1.54, 1.807) is 0 Å². The standard InChI is InChI=1S/C17H27N3/c1-14(2)11-15(3)20(5)13-17(12-18,19-4)16-9-7-6-8-10-16/h6-10,14-15,19H,11,13H2,1-5H3.